The third-order valence-electron chi connectivity index (χ3n) is 3.69. The maximum absolute atomic E-state index is 12.1. The van der Waals surface area contributed by atoms with Gasteiger partial charge in [0, 0.05) is 16.2 Å². The highest BCUT2D eigenvalue weighted by Crippen LogP contribution is 2.21. The van der Waals surface area contributed by atoms with Crippen LogP contribution in [0.2, 0.25) is 0 Å². The summed E-state index contributed by atoms with van der Waals surface area (Å²) in [7, 11) is 0. The average Bonchev–Trinajstić information content (AvgIpc) is 3.01. The number of hydrogen-bond donors (Lipinski definition) is 2. The first kappa shape index (κ1) is 15.0. The van der Waals surface area contributed by atoms with Crippen LogP contribution in [0.25, 0.3) is 0 Å². The van der Waals surface area contributed by atoms with Crippen molar-refractivity contribution in [1.29, 1.82) is 0 Å². The van der Waals surface area contributed by atoms with E-state index in [0.29, 0.717) is 17.4 Å². The van der Waals surface area contributed by atoms with Crippen LogP contribution in [0.3, 0.4) is 0 Å². The number of benzene rings is 1. The molecule has 0 radical (unpaired) electrons. The Labute approximate surface area is 137 Å². The monoisotopic (exact) mass is 360 g/mol. The molecule has 6 heteroatoms. The van der Waals surface area contributed by atoms with Gasteiger partial charge in [-0.05, 0) is 43.2 Å². The van der Waals surface area contributed by atoms with Crippen molar-refractivity contribution in [2.24, 2.45) is 0 Å². The zero-order valence-electron chi connectivity index (χ0n) is 12.1. The van der Waals surface area contributed by atoms with Crippen molar-refractivity contribution < 1.29 is 4.79 Å². The van der Waals surface area contributed by atoms with Gasteiger partial charge in [0.15, 0.2) is 5.69 Å². The van der Waals surface area contributed by atoms with Crippen molar-refractivity contribution >= 4 is 33.3 Å². The summed E-state index contributed by atoms with van der Waals surface area (Å²) in [5, 5.41) is 14.2. The van der Waals surface area contributed by atoms with Gasteiger partial charge in [-0.25, -0.2) is 0 Å². The third-order valence-corrected chi connectivity index (χ3v) is 4.18. The number of nitrogens with zero attached hydrogens (tertiary/aromatic N) is 2. The van der Waals surface area contributed by atoms with Gasteiger partial charge >= 0.3 is 0 Å². The number of halogens is 1. The Bertz CT molecular complexity index is 653. The molecule has 1 aliphatic carbocycles. The number of carbonyl (C=O) groups excluding carboxylic acids is 1. The molecule has 1 saturated carbocycles. The molecular formula is C16H17BrN4O. The second-order valence-electron chi connectivity index (χ2n) is 5.39. The fourth-order valence-electron chi connectivity index (χ4n) is 2.57. The fourth-order valence-corrected chi connectivity index (χ4v) is 2.97. The minimum Gasteiger partial charge on any atom is -0.366 e. The van der Waals surface area contributed by atoms with Gasteiger partial charge < -0.3 is 10.6 Å². The zero-order chi connectivity index (χ0) is 15.4. The van der Waals surface area contributed by atoms with Crippen LogP contribution < -0.4 is 10.6 Å². The minimum atomic E-state index is -0.266. The summed E-state index contributed by atoms with van der Waals surface area (Å²) in [6.45, 7) is 0. The normalized spacial score (nSPS) is 14.8. The largest absolute Gasteiger partial charge is 0.366 e. The number of rotatable bonds is 4. The molecule has 2 N–H and O–H groups in total. The van der Waals surface area contributed by atoms with Gasteiger partial charge in [-0.15, -0.1) is 10.2 Å². The molecule has 1 aromatic carbocycles. The maximum atomic E-state index is 12.1. The van der Waals surface area contributed by atoms with E-state index in [0.717, 1.165) is 10.3 Å². The van der Waals surface area contributed by atoms with Gasteiger partial charge in [0.05, 0.1) is 0 Å². The highest BCUT2D eigenvalue weighted by atomic mass is 79.9. The molecule has 1 heterocycles. The molecular weight excluding hydrogens is 344 g/mol. The lowest BCUT2D eigenvalue weighted by molar-refractivity contribution is 0.102. The van der Waals surface area contributed by atoms with E-state index in [1.165, 1.54) is 25.7 Å². The van der Waals surface area contributed by atoms with Gasteiger partial charge in [-0.1, -0.05) is 34.8 Å². The number of amides is 1. The van der Waals surface area contributed by atoms with Crippen molar-refractivity contribution in [1.82, 2.24) is 10.2 Å². The van der Waals surface area contributed by atoms with Gasteiger partial charge in [0.2, 0.25) is 0 Å². The predicted molar refractivity (Wildman–Crippen MR) is 90.0 cm³/mol. The predicted octanol–water partition coefficient (Wildman–Crippen LogP) is 3.85. The van der Waals surface area contributed by atoms with Crippen molar-refractivity contribution in [3.05, 3.63) is 46.6 Å². The molecule has 1 fully saturated rings. The lowest BCUT2D eigenvalue weighted by Crippen LogP contribution is -2.18. The van der Waals surface area contributed by atoms with Crippen LogP contribution in [-0.4, -0.2) is 22.1 Å². The fraction of sp³-hybridized carbons (Fsp3) is 0.312. The minimum absolute atomic E-state index is 0.266. The molecule has 1 aromatic heterocycles. The van der Waals surface area contributed by atoms with Crippen LogP contribution in [-0.2, 0) is 0 Å². The van der Waals surface area contributed by atoms with Gasteiger partial charge in [0.1, 0.15) is 5.82 Å². The van der Waals surface area contributed by atoms with E-state index in [9.17, 15) is 4.79 Å². The molecule has 1 amide bonds. The molecule has 22 heavy (non-hydrogen) atoms. The lowest BCUT2D eigenvalue weighted by atomic mass is 10.2. The molecule has 2 aromatic rings. The highest BCUT2D eigenvalue weighted by Gasteiger charge is 2.15. The van der Waals surface area contributed by atoms with Crippen LogP contribution in [0.15, 0.2) is 40.9 Å². The Hall–Kier alpha value is -1.95. The molecule has 0 unspecified atom stereocenters. The molecule has 5 nitrogen and oxygen atoms in total. The number of hydrogen-bond acceptors (Lipinski definition) is 4. The summed E-state index contributed by atoms with van der Waals surface area (Å²) >= 11 is 3.37. The quantitative estimate of drug-likeness (QED) is 0.868. The molecule has 0 aliphatic heterocycles. The second kappa shape index (κ2) is 6.87. The van der Waals surface area contributed by atoms with Gasteiger partial charge in [-0.2, -0.15) is 0 Å². The summed E-state index contributed by atoms with van der Waals surface area (Å²) in [6.07, 6.45) is 4.87. The molecule has 0 spiro atoms. The van der Waals surface area contributed by atoms with Gasteiger partial charge in [-0.3, -0.25) is 4.79 Å². The number of nitrogens with one attached hydrogen (secondary N) is 2. The number of anilines is 2. The molecule has 0 atom stereocenters. The Morgan fingerprint density at radius 2 is 1.95 bits per heavy atom. The SMILES string of the molecule is O=C(Nc1cccc(Br)c1)c1ccc(NC2CCCC2)nn1. The van der Waals surface area contributed by atoms with E-state index >= 15 is 0 Å². The standard InChI is InChI=1S/C16H17BrN4O/c17-11-4-3-7-13(10-11)19-16(22)14-8-9-15(21-20-14)18-12-5-1-2-6-12/h3-4,7-10,12H,1-2,5-6H2,(H,18,21)(H,19,22). The summed E-state index contributed by atoms with van der Waals surface area (Å²) in [5.41, 5.74) is 1.02. The Balaban J connectivity index is 1.63. The summed E-state index contributed by atoms with van der Waals surface area (Å²) in [4.78, 5) is 12.1. The van der Waals surface area contributed by atoms with Crippen molar-refractivity contribution in [2.75, 3.05) is 10.6 Å². The third kappa shape index (κ3) is 3.82. The van der Waals surface area contributed by atoms with Crippen LogP contribution in [0.4, 0.5) is 11.5 Å². The smallest absolute Gasteiger partial charge is 0.276 e. The van der Waals surface area contributed by atoms with Crippen molar-refractivity contribution in [3.8, 4) is 0 Å². The second-order valence-corrected chi connectivity index (χ2v) is 6.31. The summed E-state index contributed by atoms with van der Waals surface area (Å²) < 4.78 is 0.910. The average molecular weight is 361 g/mol. The first-order valence-corrected chi connectivity index (χ1v) is 8.17. The van der Waals surface area contributed by atoms with Crippen LogP contribution >= 0.6 is 15.9 Å². The highest BCUT2D eigenvalue weighted by molar-refractivity contribution is 9.10. The van der Waals surface area contributed by atoms with Crippen molar-refractivity contribution in [2.45, 2.75) is 31.7 Å². The van der Waals surface area contributed by atoms with Crippen molar-refractivity contribution in [3.63, 3.8) is 0 Å². The van der Waals surface area contributed by atoms with E-state index in [1.807, 2.05) is 24.3 Å². The summed E-state index contributed by atoms with van der Waals surface area (Å²) in [6, 6.07) is 11.4. The van der Waals surface area contributed by atoms with E-state index in [-0.39, 0.29) is 5.91 Å². The molecule has 1 aliphatic rings. The molecule has 114 valence electrons. The van der Waals surface area contributed by atoms with Crippen LogP contribution in [0.1, 0.15) is 36.2 Å². The Morgan fingerprint density at radius 1 is 1.14 bits per heavy atom. The number of aromatic nitrogens is 2. The molecule has 0 bridgehead atoms. The topological polar surface area (TPSA) is 66.9 Å². The molecule has 3 rings (SSSR count). The first-order valence-electron chi connectivity index (χ1n) is 7.38. The van der Waals surface area contributed by atoms with E-state index in [4.69, 9.17) is 0 Å². The van der Waals surface area contributed by atoms with E-state index < -0.39 is 0 Å². The van der Waals surface area contributed by atoms with Gasteiger partial charge in [0.25, 0.3) is 5.91 Å². The summed E-state index contributed by atoms with van der Waals surface area (Å²) in [5.74, 6) is 0.462. The van der Waals surface area contributed by atoms with E-state index in [1.54, 1.807) is 12.1 Å². The maximum Gasteiger partial charge on any atom is 0.276 e. The Morgan fingerprint density at radius 3 is 2.64 bits per heavy atom. The van der Waals surface area contributed by atoms with Crippen LogP contribution in [0, 0.1) is 0 Å². The Kier molecular flexibility index (Phi) is 4.68. The molecule has 0 saturated heterocycles. The van der Waals surface area contributed by atoms with E-state index in [2.05, 4.69) is 36.8 Å². The zero-order valence-corrected chi connectivity index (χ0v) is 13.6. The lowest BCUT2D eigenvalue weighted by Gasteiger charge is -2.11. The first-order chi connectivity index (χ1) is 10.7. The van der Waals surface area contributed by atoms with Crippen LogP contribution in [0.5, 0.6) is 0 Å². The number of carbonyl (C=O) groups is 1.